The lowest BCUT2D eigenvalue weighted by molar-refractivity contribution is -0.169. The van der Waals surface area contributed by atoms with E-state index >= 15 is 0 Å². The van der Waals surface area contributed by atoms with Gasteiger partial charge in [-0.25, -0.2) is 14.4 Å². The summed E-state index contributed by atoms with van der Waals surface area (Å²) in [7, 11) is 0. The summed E-state index contributed by atoms with van der Waals surface area (Å²) in [5.41, 5.74) is 1.77. The molecule has 0 rings (SSSR count). The van der Waals surface area contributed by atoms with Crippen LogP contribution in [0, 0.1) is 35.5 Å². The first-order valence-electron chi connectivity index (χ1n) is 52.8. The molecule has 0 spiro atoms. The Balaban J connectivity index is -0.000000332. The predicted molar refractivity (Wildman–Crippen MR) is 541 cm³/mol. The number of carbonyl (C=O) groups is 13. The van der Waals surface area contributed by atoms with E-state index in [1.807, 2.05) is 46.8 Å². The van der Waals surface area contributed by atoms with Crippen LogP contribution in [0.5, 0.6) is 0 Å². The molecule has 0 amide bonds. The quantitative estimate of drug-likeness (QED) is 0.0124. The van der Waals surface area contributed by atoms with Gasteiger partial charge in [-0.3, -0.25) is 38.4 Å². The Kier molecular flexibility index (Phi) is 115. The summed E-state index contributed by atoms with van der Waals surface area (Å²) < 4.78 is 41.1. The van der Waals surface area contributed by atoms with Gasteiger partial charge in [0.2, 0.25) is 0 Å². The number of carboxylic acid groups (broad SMARTS) is 3. The summed E-state index contributed by atoms with van der Waals surface area (Å²) in [6.07, 6.45) is 64.0. The predicted octanol–water partition coefficient (Wildman–Crippen LogP) is 26.3. The van der Waals surface area contributed by atoms with Gasteiger partial charge in [-0.1, -0.05) is 318 Å². The highest BCUT2D eigenvalue weighted by molar-refractivity contribution is 5.88. The van der Waals surface area contributed by atoms with Gasteiger partial charge >= 0.3 is 65.7 Å². The topological polar surface area (TPSA) is 397 Å². The Bertz CT molecular complexity index is 2760. The monoisotopic (exact) mass is 1930 g/mol. The number of aldehydes is 2. The molecule has 26 heteroatoms. The zero-order valence-corrected chi connectivity index (χ0v) is 88.2. The molecular formula is C109H200O26. The van der Waals surface area contributed by atoms with Crippen LogP contribution < -0.4 is 0 Å². The fraction of sp³-hybridized carbons (Fsp3) is 0.826. The molecule has 135 heavy (non-hydrogen) atoms. The standard InChI is InChI=1S/C47H88O8.C16H30O4.C16H26O4.C12H22O4.C6H10O2.C6H14O2.C6H10O2/c1-5-7-9-11-13-15-17-19-21-23-25-27-33-37-44(48)53-39-43(55-47(52)42(4)36-32-30-29-31-35-41(3)46(50)51)40-54-45(49)38-34-28-26-24-22-20-18-16-14-12-10-8-6-2;2*1-5-19-15(17)13(3)11-9-7-8-10-12-14(4)16(18)20-6-2;1-9(11(13)14)7-5-3-4-6-8-10(2)12(15)16;1-4-8-6(7)5(2)3;2*7-5-3-1-2-4-6-8/h41-43H,5-40H2,1-4H3,(H,50,51);13-14H,5-12H2,1-4H3;11-12H,5-10H2,1-4H3;9-10H,3-8H2,1-2H3,(H,13,14)(H,15,16);2,4H2,1,3H3;7-8H,1-6H2;5-6H,1-4H2/b;;13-11+,14-12+;;;;. The van der Waals surface area contributed by atoms with Crippen LogP contribution in [0.3, 0.4) is 0 Å². The van der Waals surface area contributed by atoms with Crippen molar-refractivity contribution < 1.29 is 126 Å². The Labute approximate surface area is 819 Å². The Morgan fingerprint density at radius 2 is 0.504 bits per heavy atom. The van der Waals surface area contributed by atoms with E-state index < -0.39 is 24.0 Å². The second-order valence-corrected chi connectivity index (χ2v) is 35.8. The van der Waals surface area contributed by atoms with Crippen molar-refractivity contribution in [1.82, 2.24) is 0 Å². The van der Waals surface area contributed by atoms with E-state index in [4.69, 9.17) is 58.7 Å². The van der Waals surface area contributed by atoms with Gasteiger partial charge in [0, 0.05) is 55.6 Å². The molecule has 26 nitrogen and oxygen atoms in total. The van der Waals surface area contributed by atoms with Crippen molar-refractivity contribution in [2.24, 2.45) is 35.5 Å². The van der Waals surface area contributed by atoms with Gasteiger partial charge in [-0.2, -0.15) is 0 Å². The van der Waals surface area contributed by atoms with Crippen LogP contribution in [0.2, 0.25) is 0 Å². The largest absolute Gasteiger partial charge is 0.481 e. The van der Waals surface area contributed by atoms with Crippen molar-refractivity contribution in [3.05, 3.63) is 35.5 Å². The number of carboxylic acids is 3. The van der Waals surface area contributed by atoms with E-state index in [-0.39, 0.29) is 110 Å². The van der Waals surface area contributed by atoms with Crippen molar-refractivity contribution in [2.75, 3.05) is 59.5 Å². The fourth-order valence-electron chi connectivity index (χ4n) is 13.4. The first-order chi connectivity index (χ1) is 64.7. The van der Waals surface area contributed by atoms with Gasteiger partial charge in [0.05, 0.1) is 68.5 Å². The maximum atomic E-state index is 13.0. The minimum Gasteiger partial charge on any atom is -0.481 e. The van der Waals surface area contributed by atoms with E-state index in [0.717, 1.165) is 205 Å². The average molecular weight is 1930 g/mol. The number of allylic oxidation sites excluding steroid dienone is 2. The Morgan fingerprint density at radius 3 is 0.741 bits per heavy atom. The van der Waals surface area contributed by atoms with Gasteiger partial charge in [0.1, 0.15) is 25.8 Å². The molecular weight excluding hydrogens is 1730 g/mol. The number of carbonyl (C=O) groups excluding carboxylic acids is 10. The zero-order chi connectivity index (χ0) is 103. The minimum atomic E-state index is -0.835. The van der Waals surface area contributed by atoms with Crippen LogP contribution in [-0.4, -0.2) is 169 Å². The molecule has 0 saturated carbocycles. The lowest BCUT2D eigenvalue weighted by Gasteiger charge is -2.20. The third kappa shape index (κ3) is 110. The molecule has 5 N–H and O–H groups in total. The number of ether oxygens (including phenoxy) is 8. The van der Waals surface area contributed by atoms with E-state index in [1.165, 1.54) is 128 Å². The molecule has 0 bridgehead atoms. The number of hydrogen-bond acceptors (Lipinski definition) is 23. The molecule has 0 aromatic rings. The summed E-state index contributed by atoms with van der Waals surface area (Å²) in [4.78, 5) is 145. The van der Waals surface area contributed by atoms with Crippen LogP contribution in [0.25, 0.3) is 0 Å². The number of aliphatic hydroxyl groups excluding tert-OH is 2. The fourth-order valence-corrected chi connectivity index (χ4v) is 13.4. The summed E-state index contributed by atoms with van der Waals surface area (Å²) >= 11 is 0. The van der Waals surface area contributed by atoms with Gasteiger partial charge in [0.15, 0.2) is 6.10 Å². The molecule has 0 fully saturated rings. The van der Waals surface area contributed by atoms with Crippen molar-refractivity contribution >= 4 is 78.2 Å². The van der Waals surface area contributed by atoms with Gasteiger partial charge in [0.25, 0.3) is 0 Å². The number of rotatable bonds is 83. The van der Waals surface area contributed by atoms with Crippen molar-refractivity contribution in [1.29, 1.82) is 0 Å². The second-order valence-electron chi connectivity index (χ2n) is 35.8. The van der Waals surface area contributed by atoms with Crippen LogP contribution >= 0.6 is 0 Å². The Hall–Kier alpha value is -7.35. The average Bonchev–Trinajstić information content (AvgIpc) is 0.915. The second kappa shape index (κ2) is 110. The molecule has 0 aromatic carbocycles. The van der Waals surface area contributed by atoms with E-state index in [2.05, 4.69) is 25.2 Å². The minimum absolute atomic E-state index is 0.00611. The third-order valence-electron chi connectivity index (χ3n) is 22.6. The van der Waals surface area contributed by atoms with Crippen molar-refractivity contribution in [3.63, 3.8) is 0 Å². The molecule has 6 atom stereocenters. The molecule has 0 aliphatic heterocycles. The smallest absolute Gasteiger partial charge is 0.333 e. The van der Waals surface area contributed by atoms with E-state index in [9.17, 15) is 62.3 Å². The summed E-state index contributed by atoms with van der Waals surface area (Å²) in [5, 5.41) is 43.0. The number of esters is 8. The van der Waals surface area contributed by atoms with E-state index in [1.54, 1.807) is 62.3 Å². The number of hydrogen-bond donors (Lipinski definition) is 5. The summed E-state index contributed by atoms with van der Waals surface area (Å²) in [5.74, 6) is -5.46. The molecule has 792 valence electrons. The lowest BCUT2D eigenvalue weighted by Crippen LogP contribution is -2.32. The molecule has 6 unspecified atom stereocenters. The molecule has 0 saturated heterocycles. The van der Waals surface area contributed by atoms with Crippen molar-refractivity contribution in [2.45, 2.75) is 489 Å². The molecule has 0 aliphatic carbocycles. The first kappa shape index (κ1) is 141. The highest BCUT2D eigenvalue weighted by Crippen LogP contribution is 2.22. The molecule has 0 aliphatic rings. The number of aliphatic carboxylic acids is 3. The highest BCUT2D eigenvalue weighted by Gasteiger charge is 2.24. The van der Waals surface area contributed by atoms with Gasteiger partial charge < -0.3 is 73.0 Å². The lowest BCUT2D eigenvalue weighted by atomic mass is 9.99. The van der Waals surface area contributed by atoms with Crippen LogP contribution in [0.1, 0.15) is 483 Å². The SMILES string of the molecule is C=C(C)C(=O)OCC.CC(CCCCCCC(C)C(=O)O)C(=O)O.CCCCCCCCCCCCCCCC(=O)OCC(COC(=O)CCCCCCCCCCCCCCC)OC(=O)C(C)CCCCCCC(C)C(=O)O.CCOC(=O)/C(C)=C/CCCC/C=C(\C)C(=O)OCC.CCOC(=O)C(C)CCCCCCC(C)C(=O)OCC.O=CCCCCC=O.OCCCCCCO. The summed E-state index contributed by atoms with van der Waals surface area (Å²) in [6, 6.07) is 0. The maximum Gasteiger partial charge on any atom is 0.333 e. The molecule has 0 radical (unpaired) electrons. The summed E-state index contributed by atoms with van der Waals surface area (Å²) in [6.45, 7) is 35.4. The van der Waals surface area contributed by atoms with Crippen molar-refractivity contribution in [3.8, 4) is 0 Å². The molecule has 0 heterocycles. The van der Waals surface area contributed by atoms with Gasteiger partial charge in [-0.15, -0.1) is 0 Å². The normalized spacial score (nSPS) is 12.2. The maximum absolute atomic E-state index is 13.0. The first-order valence-corrected chi connectivity index (χ1v) is 52.8. The van der Waals surface area contributed by atoms with Gasteiger partial charge in [-0.05, 0) is 158 Å². The number of aliphatic hydroxyl groups is 2. The highest BCUT2D eigenvalue weighted by atomic mass is 16.6. The molecule has 0 aromatic heterocycles. The zero-order valence-electron chi connectivity index (χ0n) is 88.2. The van der Waals surface area contributed by atoms with Crippen LogP contribution in [0.15, 0.2) is 35.5 Å². The number of unbranched alkanes of at least 4 members (excludes halogenated alkanes) is 42. The van der Waals surface area contributed by atoms with Crippen LogP contribution in [-0.2, 0) is 100 Å². The Morgan fingerprint density at radius 1 is 0.274 bits per heavy atom. The van der Waals surface area contributed by atoms with E-state index in [0.29, 0.717) is 101 Å². The third-order valence-corrected chi connectivity index (χ3v) is 22.6. The van der Waals surface area contributed by atoms with Crippen LogP contribution in [0.4, 0.5) is 0 Å².